The average molecular weight is 172 g/mol. The van der Waals surface area contributed by atoms with Crippen molar-refractivity contribution >= 4 is 11.8 Å². The lowest BCUT2D eigenvalue weighted by Gasteiger charge is -1.95. The molecule has 0 fully saturated rings. The lowest BCUT2D eigenvalue weighted by Crippen LogP contribution is -2.29. The van der Waals surface area contributed by atoms with Crippen LogP contribution >= 0.6 is 11.8 Å². The normalized spacial score (nSPS) is 10.0. The number of pyridine rings is 1. The molecule has 0 aliphatic carbocycles. The van der Waals surface area contributed by atoms with E-state index in [1.165, 1.54) is 11.8 Å². The summed E-state index contributed by atoms with van der Waals surface area (Å²) in [6.07, 6.45) is 1.96. The molecule has 0 aliphatic heterocycles. The van der Waals surface area contributed by atoms with E-state index in [2.05, 4.69) is 0 Å². The minimum absolute atomic E-state index is 0.264. The summed E-state index contributed by atoms with van der Waals surface area (Å²) in [6, 6.07) is 5.90. The molecule has 0 atom stereocenters. The van der Waals surface area contributed by atoms with Gasteiger partial charge in [-0.05, 0) is 6.07 Å². The van der Waals surface area contributed by atoms with Crippen molar-refractivity contribution in [3.05, 3.63) is 24.4 Å². The maximum atomic E-state index is 11.8. The van der Waals surface area contributed by atoms with Crippen LogP contribution in [0, 0.1) is 0 Å². The molecule has 0 saturated carbocycles. The molecule has 60 valence electrons. The van der Waals surface area contributed by atoms with Crippen LogP contribution in [0.5, 0.6) is 0 Å². The maximum absolute atomic E-state index is 11.8. The van der Waals surface area contributed by atoms with Crippen LogP contribution in [0.3, 0.4) is 0 Å². The predicted molar refractivity (Wildman–Crippen MR) is 44.3 cm³/mol. The molecule has 0 unspecified atom stereocenters. The number of hydrogen-bond acceptors (Lipinski definition) is 1. The van der Waals surface area contributed by atoms with Gasteiger partial charge in [-0.25, -0.2) is 0 Å². The first-order valence-electron chi connectivity index (χ1n) is 3.48. The standard InChI is InChI=1S/C8H11FNS/c1-10-6-3-2-4-8(10)11-7-5-9/h2-4,6H,5,7H2,1H3/q+1. The average Bonchev–Trinajstić information content (AvgIpc) is 2.03. The van der Waals surface area contributed by atoms with E-state index in [9.17, 15) is 4.39 Å². The predicted octanol–water partition coefficient (Wildman–Crippen LogP) is 1.57. The highest BCUT2D eigenvalue weighted by Crippen LogP contribution is 2.11. The van der Waals surface area contributed by atoms with E-state index >= 15 is 0 Å². The molecular weight excluding hydrogens is 161 g/mol. The number of alkyl halides is 1. The molecule has 0 saturated heterocycles. The number of aromatic nitrogens is 1. The number of hydrogen-bond donors (Lipinski definition) is 0. The lowest BCUT2D eigenvalue weighted by atomic mass is 10.5. The Hall–Kier alpha value is -0.570. The first-order chi connectivity index (χ1) is 5.34. The molecule has 1 rings (SSSR count). The van der Waals surface area contributed by atoms with Gasteiger partial charge >= 0.3 is 0 Å². The van der Waals surface area contributed by atoms with Crippen LogP contribution in [-0.2, 0) is 7.05 Å². The third-order valence-corrected chi connectivity index (χ3v) is 2.41. The van der Waals surface area contributed by atoms with Crippen molar-refractivity contribution in [1.82, 2.24) is 0 Å². The molecular formula is C8H11FNS+. The van der Waals surface area contributed by atoms with Gasteiger partial charge in [0.2, 0.25) is 5.03 Å². The summed E-state index contributed by atoms with van der Waals surface area (Å²) in [5, 5.41) is 1.10. The van der Waals surface area contributed by atoms with Crippen LogP contribution in [0.25, 0.3) is 0 Å². The number of rotatable bonds is 3. The van der Waals surface area contributed by atoms with Gasteiger partial charge in [-0.2, -0.15) is 4.57 Å². The Balaban J connectivity index is 2.62. The molecule has 0 aliphatic rings. The topological polar surface area (TPSA) is 3.88 Å². The molecule has 0 radical (unpaired) electrons. The second-order valence-corrected chi connectivity index (χ2v) is 3.30. The van der Waals surface area contributed by atoms with Crippen molar-refractivity contribution in [3.63, 3.8) is 0 Å². The van der Waals surface area contributed by atoms with Gasteiger partial charge in [0, 0.05) is 17.9 Å². The van der Waals surface area contributed by atoms with Gasteiger partial charge in [0.15, 0.2) is 6.20 Å². The quantitative estimate of drug-likeness (QED) is 0.494. The highest BCUT2D eigenvalue weighted by Gasteiger charge is 2.03. The zero-order valence-corrected chi connectivity index (χ0v) is 7.27. The fourth-order valence-electron chi connectivity index (χ4n) is 0.801. The molecule has 0 bridgehead atoms. The highest BCUT2D eigenvalue weighted by molar-refractivity contribution is 7.99. The van der Waals surface area contributed by atoms with Crippen LogP contribution < -0.4 is 4.57 Å². The molecule has 1 heterocycles. The lowest BCUT2D eigenvalue weighted by molar-refractivity contribution is -0.708. The Morgan fingerprint density at radius 3 is 3.00 bits per heavy atom. The SMILES string of the molecule is C[n+]1ccccc1SCCF. The van der Waals surface area contributed by atoms with Crippen molar-refractivity contribution in [2.75, 3.05) is 12.4 Å². The monoisotopic (exact) mass is 172 g/mol. The van der Waals surface area contributed by atoms with Crippen molar-refractivity contribution in [2.45, 2.75) is 5.03 Å². The van der Waals surface area contributed by atoms with Crippen molar-refractivity contribution in [3.8, 4) is 0 Å². The molecule has 0 aromatic carbocycles. The number of thioether (sulfide) groups is 1. The summed E-state index contributed by atoms with van der Waals surface area (Å²) in [4.78, 5) is 0. The molecule has 1 aromatic rings. The van der Waals surface area contributed by atoms with Gasteiger partial charge in [-0.3, -0.25) is 4.39 Å². The van der Waals surface area contributed by atoms with Crippen LogP contribution in [0.15, 0.2) is 29.4 Å². The zero-order valence-electron chi connectivity index (χ0n) is 6.46. The van der Waals surface area contributed by atoms with Crippen LogP contribution in [0.4, 0.5) is 4.39 Å². The molecule has 1 aromatic heterocycles. The Morgan fingerprint density at radius 2 is 2.36 bits per heavy atom. The summed E-state index contributed by atoms with van der Waals surface area (Å²) in [7, 11) is 1.96. The maximum Gasteiger partial charge on any atom is 0.239 e. The second kappa shape index (κ2) is 4.34. The summed E-state index contributed by atoms with van der Waals surface area (Å²) >= 11 is 1.53. The third-order valence-electron chi connectivity index (χ3n) is 1.33. The Morgan fingerprint density at radius 1 is 1.55 bits per heavy atom. The fraction of sp³-hybridized carbons (Fsp3) is 0.375. The fourth-order valence-corrected chi connectivity index (χ4v) is 1.53. The summed E-state index contributed by atoms with van der Waals surface area (Å²) in [5.41, 5.74) is 0. The second-order valence-electron chi connectivity index (χ2n) is 2.19. The zero-order chi connectivity index (χ0) is 8.10. The molecule has 3 heteroatoms. The molecule has 11 heavy (non-hydrogen) atoms. The highest BCUT2D eigenvalue weighted by atomic mass is 32.2. The van der Waals surface area contributed by atoms with Gasteiger partial charge in [0.05, 0.1) is 6.67 Å². The van der Waals surface area contributed by atoms with Gasteiger partial charge in [0.1, 0.15) is 7.05 Å². The molecule has 0 amide bonds. The first-order valence-corrected chi connectivity index (χ1v) is 4.46. The third kappa shape index (κ3) is 2.50. The van der Waals surface area contributed by atoms with Crippen molar-refractivity contribution in [2.24, 2.45) is 7.05 Å². The van der Waals surface area contributed by atoms with E-state index in [-0.39, 0.29) is 6.67 Å². The van der Waals surface area contributed by atoms with Gasteiger partial charge < -0.3 is 0 Å². The van der Waals surface area contributed by atoms with E-state index in [1.807, 2.05) is 36.0 Å². The van der Waals surface area contributed by atoms with Gasteiger partial charge in [-0.15, -0.1) is 0 Å². The summed E-state index contributed by atoms with van der Waals surface area (Å²) < 4.78 is 13.8. The number of aryl methyl sites for hydroxylation is 1. The smallest absolute Gasteiger partial charge is 0.239 e. The number of halogens is 1. The Bertz CT molecular complexity index is 227. The van der Waals surface area contributed by atoms with Crippen molar-refractivity contribution in [1.29, 1.82) is 0 Å². The van der Waals surface area contributed by atoms with E-state index in [0.29, 0.717) is 5.75 Å². The number of nitrogens with zero attached hydrogens (tertiary/aromatic N) is 1. The summed E-state index contributed by atoms with van der Waals surface area (Å²) in [6.45, 7) is -0.264. The minimum atomic E-state index is -0.264. The Kier molecular flexibility index (Phi) is 3.36. The van der Waals surface area contributed by atoms with Crippen molar-refractivity contribution < 1.29 is 8.96 Å². The largest absolute Gasteiger partial charge is 0.250 e. The summed E-state index contributed by atoms with van der Waals surface area (Å²) in [5.74, 6) is 0.540. The van der Waals surface area contributed by atoms with Gasteiger partial charge in [0.25, 0.3) is 0 Å². The Labute approximate surface area is 70.2 Å². The molecule has 0 spiro atoms. The minimum Gasteiger partial charge on any atom is -0.250 e. The first kappa shape index (κ1) is 8.53. The van der Waals surface area contributed by atoms with E-state index in [4.69, 9.17) is 0 Å². The van der Waals surface area contributed by atoms with E-state index < -0.39 is 0 Å². The molecule has 1 nitrogen and oxygen atoms in total. The molecule has 0 N–H and O–H groups in total. The van der Waals surface area contributed by atoms with E-state index in [1.54, 1.807) is 0 Å². The van der Waals surface area contributed by atoms with Crippen LogP contribution in [0.2, 0.25) is 0 Å². The van der Waals surface area contributed by atoms with Crippen LogP contribution in [-0.4, -0.2) is 12.4 Å². The van der Waals surface area contributed by atoms with Crippen LogP contribution in [0.1, 0.15) is 0 Å². The van der Waals surface area contributed by atoms with E-state index in [0.717, 1.165) is 5.03 Å². The van der Waals surface area contributed by atoms with Gasteiger partial charge in [-0.1, -0.05) is 11.8 Å².